The largest absolute Gasteiger partial charge is 0.469 e. The first kappa shape index (κ1) is 12.4. The van der Waals surface area contributed by atoms with Crippen LogP contribution in [0.3, 0.4) is 0 Å². The van der Waals surface area contributed by atoms with Crippen LogP contribution in [0.2, 0.25) is 0 Å². The molecule has 0 aliphatic carbocycles. The third kappa shape index (κ3) is 2.79. The molecule has 0 bridgehead atoms. The maximum absolute atomic E-state index is 5.54. The summed E-state index contributed by atoms with van der Waals surface area (Å²) in [5.74, 6) is 1.09. The maximum Gasteiger partial charge on any atom is 0.108 e. The number of rotatable bonds is 6. The molecule has 0 aliphatic rings. The van der Waals surface area contributed by atoms with Gasteiger partial charge >= 0.3 is 0 Å². The normalized spacial score (nSPS) is 12.8. The minimum absolute atomic E-state index is 0.273. The van der Waals surface area contributed by atoms with Gasteiger partial charge in [-0.1, -0.05) is 13.8 Å². The van der Waals surface area contributed by atoms with E-state index in [4.69, 9.17) is 4.42 Å². The van der Waals surface area contributed by atoms with E-state index in [0.717, 1.165) is 25.1 Å². The van der Waals surface area contributed by atoms with E-state index >= 15 is 0 Å². The predicted molar refractivity (Wildman–Crippen MR) is 72.5 cm³/mol. The molecule has 1 atom stereocenters. The summed E-state index contributed by atoms with van der Waals surface area (Å²) < 4.78 is 5.54. The van der Waals surface area contributed by atoms with Gasteiger partial charge in [0.15, 0.2) is 0 Å². The number of hydrogen-bond acceptors (Lipinski definition) is 3. The summed E-state index contributed by atoms with van der Waals surface area (Å²) in [6.45, 7) is 5.34. The minimum Gasteiger partial charge on any atom is -0.469 e. The predicted octanol–water partition coefficient (Wildman–Crippen LogP) is 3.99. The van der Waals surface area contributed by atoms with Crippen LogP contribution < -0.4 is 5.32 Å². The molecule has 0 aliphatic heterocycles. The van der Waals surface area contributed by atoms with Crippen LogP contribution in [0.15, 0.2) is 33.6 Å². The van der Waals surface area contributed by atoms with E-state index in [1.807, 2.05) is 0 Å². The molecular formula is C14H19NOS. The lowest BCUT2D eigenvalue weighted by molar-refractivity contribution is 0.500. The van der Waals surface area contributed by atoms with E-state index in [1.54, 1.807) is 17.6 Å². The number of hydrogen-bond donors (Lipinski definition) is 1. The summed E-state index contributed by atoms with van der Waals surface area (Å²) in [6, 6.07) is 4.55. The molecule has 0 saturated carbocycles. The van der Waals surface area contributed by atoms with Gasteiger partial charge in [0.2, 0.25) is 0 Å². The van der Waals surface area contributed by atoms with Crippen LogP contribution in [0.4, 0.5) is 0 Å². The lowest BCUT2D eigenvalue weighted by Crippen LogP contribution is -2.23. The summed E-state index contributed by atoms with van der Waals surface area (Å²) in [4.78, 5) is 0. The van der Waals surface area contributed by atoms with E-state index < -0.39 is 0 Å². The fraction of sp³-hybridized carbons (Fsp3) is 0.429. The second-order valence-electron chi connectivity index (χ2n) is 4.10. The van der Waals surface area contributed by atoms with Crippen LogP contribution in [0.25, 0.3) is 0 Å². The van der Waals surface area contributed by atoms with Crippen molar-refractivity contribution in [2.24, 2.45) is 0 Å². The minimum atomic E-state index is 0.273. The Labute approximate surface area is 107 Å². The van der Waals surface area contributed by atoms with Crippen molar-refractivity contribution >= 4 is 11.3 Å². The molecule has 2 aromatic heterocycles. The second-order valence-corrected chi connectivity index (χ2v) is 4.88. The van der Waals surface area contributed by atoms with E-state index in [2.05, 4.69) is 42.1 Å². The van der Waals surface area contributed by atoms with Gasteiger partial charge in [0, 0.05) is 12.0 Å². The summed E-state index contributed by atoms with van der Waals surface area (Å²) in [5.41, 5.74) is 2.61. The SMILES string of the molecule is CCCNC(c1ccsc1)c1ccoc1CC. The second kappa shape index (κ2) is 6.03. The van der Waals surface area contributed by atoms with E-state index in [-0.39, 0.29) is 6.04 Å². The Morgan fingerprint density at radius 1 is 1.35 bits per heavy atom. The van der Waals surface area contributed by atoms with Gasteiger partial charge in [-0.2, -0.15) is 11.3 Å². The highest BCUT2D eigenvalue weighted by atomic mass is 32.1. The topological polar surface area (TPSA) is 25.2 Å². The molecule has 0 fully saturated rings. The third-order valence-electron chi connectivity index (χ3n) is 2.89. The molecule has 2 rings (SSSR count). The van der Waals surface area contributed by atoms with E-state index in [0.29, 0.717) is 0 Å². The van der Waals surface area contributed by atoms with E-state index in [9.17, 15) is 0 Å². The Kier molecular flexibility index (Phi) is 4.40. The monoisotopic (exact) mass is 249 g/mol. The highest BCUT2D eigenvalue weighted by Crippen LogP contribution is 2.27. The lowest BCUT2D eigenvalue weighted by Gasteiger charge is -2.17. The molecule has 17 heavy (non-hydrogen) atoms. The standard InChI is InChI=1S/C14H19NOS/c1-3-7-15-14(11-6-9-17-10-11)12-5-8-16-13(12)4-2/h5-6,8-10,14-15H,3-4,7H2,1-2H3. The maximum atomic E-state index is 5.54. The number of furan rings is 1. The van der Waals surface area contributed by atoms with Crippen LogP contribution in [-0.4, -0.2) is 6.54 Å². The fourth-order valence-electron chi connectivity index (χ4n) is 2.03. The molecule has 2 aromatic rings. The number of nitrogens with one attached hydrogen (secondary N) is 1. The first-order valence-electron chi connectivity index (χ1n) is 6.18. The van der Waals surface area contributed by atoms with Crippen molar-refractivity contribution < 1.29 is 4.42 Å². The summed E-state index contributed by atoms with van der Waals surface area (Å²) in [6.07, 6.45) is 3.87. The van der Waals surface area contributed by atoms with Crippen LogP contribution in [0.5, 0.6) is 0 Å². The average Bonchev–Trinajstić information content (AvgIpc) is 3.00. The molecule has 3 heteroatoms. The average molecular weight is 249 g/mol. The van der Waals surface area contributed by atoms with Gasteiger partial charge in [-0.05, 0) is 41.4 Å². The van der Waals surface area contributed by atoms with Crippen molar-refractivity contribution in [3.05, 3.63) is 46.0 Å². The van der Waals surface area contributed by atoms with Crippen LogP contribution in [0.1, 0.15) is 43.2 Å². The zero-order valence-corrected chi connectivity index (χ0v) is 11.2. The quantitative estimate of drug-likeness (QED) is 0.837. The Balaban J connectivity index is 2.27. The van der Waals surface area contributed by atoms with Crippen LogP contribution >= 0.6 is 11.3 Å². The molecule has 0 radical (unpaired) electrons. The zero-order valence-electron chi connectivity index (χ0n) is 10.4. The van der Waals surface area contributed by atoms with Crippen molar-refractivity contribution in [1.29, 1.82) is 0 Å². The van der Waals surface area contributed by atoms with Gasteiger partial charge in [-0.3, -0.25) is 0 Å². The molecule has 2 heterocycles. The molecule has 0 saturated heterocycles. The molecule has 1 unspecified atom stereocenters. The highest BCUT2D eigenvalue weighted by molar-refractivity contribution is 7.08. The number of thiophene rings is 1. The van der Waals surface area contributed by atoms with Gasteiger partial charge in [0.25, 0.3) is 0 Å². The van der Waals surface area contributed by atoms with Gasteiger partial charge < -0.3 is 9.73 Å². The van der Waals surface area contributed by atoms with E-state index in [1.165, 1.54) is 11.1 Å². The molecule has 0 spiro atoms. The van der Waals surface area contributed by atoms with Gasteiger partial charge in [0.1, 0.15) is 5.76 Å². The first-order chi connectivity index (χ1) is 8.36. The fourth-order valence-corrected chi connectivity index (χ4v) is 2.72. The third-order valence-corrected chi connectivity index (χ3v) is 3.59. The van der Waals surface area contributed by atoms with Gasteiger partial charge in [-0.25, -0.2) is 0 Å². The van der Waals surface area contributed by atoms with Crippen molar-refractivity contribution in [3.8, 4) is 0 Å². The number of aryl methyl sites for hydroxylation is 1. The zero-order chi connectivity index (χ0) is 12.1. The summed E-state index contributed by atoms with van der Waals surface area (Å²) in [7, 11) is 0. The molecule has 0 amide bonds. The van der Waals surface area contributed by atoms with Gasteiger partial charge in [-0.15, -0.1) is 0 Å². The molecular weight excluding hydrogens is 230 g/mol. The van der Waals surface area contributed by atoms with Crippen molar-refractivity contribution in [1.82, 2.24) is 5.32 Å². The highest BCUT2D eigenvalue weighted by Gasteiger charge is 2.18. The molecule has 92 valence electrons. The Hall–Kier alpha value is -1.06. The van der Waals surface area contributed by atoms with Gasteiger partial charge in [0.05, 0.1) is 12.3 Å². The van der Waals surface area contributed by atoms with Crippen molar-refractivity contribution in [2.45, 2.75) is 32.7 Å². The molecule has 2 nitrogen and oxygen atoms in total. The van der Waals surface area contributed by atoms with Crippen LogP contribution in [0, 0.1) is 0 Å². The van der Waals surface area contributed by atoms with Crippen molar-refractivity contribution in [3.63, 3.8) is 0 Å². The van der Waals surface area contributed by atoms with Crippen LogP contribution in [-0.2, 0) is 6.42 Å². The lowest BCUT2D eigenvalue weighted by atomic mass is 10.0. The Morgan fingerprint density at radius 2 is 2.24 bits per heavy atom. The smallest absolute Gasteiger partial charge is 0.108 e. The summed E-state index contributed by atoms with van der Waals surface area (Å²) >= 11 is 1.74. The Morgan fingerprint density at radius 3 is 2.88 bits per heavy atom. The Bertz CT molecular complexity index is 433. The molecule has 0 aromatic carbocycles. The molecule has 1 N–H and O–H groups in total. The van der Waals surface area contributed by atoms with Crippen molar-refractivity contribution in [2.75, 3.05) is 6.54 Å². The summed E-state index contributed by atoms with van der Waals surface area (Å²) in [5, 5.41) is 7.93. The first-order valence-corrected chi connectivity index (χ1v) is 7.12.